The third-order valence-electron chi connectivity index (χ3n) is 2.87. The molecule has 1 N–H and O–H groups in total. The van der Waals surface area contributed by atoms with Gasteiger partial charge in [-0.15, -0.1) is 11.3 Å². The standard InChI is InChI=1S/C13H18ClN3S/c1-4-15-7-11-5-6-12(18-11)8-17-10(3)13(14)9(2)16-17/h5-6,15H,4,7-8H2,1-3H3. The summed E-state index contributed by atoms with van der Waals surface area (Å²) in [6.45, 7) is 8.81. The van der Waals surface area contributed by atoms with E-state index in [2.05, 4.69) is 29.5 Å². The fourth-order valence-electron chi connectivity index (χ4n) is 1.83. The van der Waals surface area contributed by atoms with Gasteiger partial charge in [-0.2, -0.15) is 5.10 Å². The zero-order chi connectivity index (χ0) is 13.1. The molecule has 0 aliphatic rings. The number of aromatic nitrogens is 2. The Kier molecular flexibility index (Phi) is 4.43. The van der Waals surface area contributed by atoms with Crippen molar-refractivity contribution in [1.29, 1.82) is 0 Å². The van der Waals surface area contributed by atoms with Crippen LogP contribution in [0.3, 0.4) is 0 Å². The van der Waals surface area contributed by atoms with Crippen LogP contribution in [0.4, 0.5) is 0 Å². The van der Waals surface area contributed by atoms with Crippen molar-refractivity contribution in [3.05, 3.63) is 38.3 Å². The molecule has 0 saturated heterocycles. The van der Waals surface area contributed by atoms with E-state index in [0.29, 0.717) is 0 Å². The van der Waals surface area contributed by atoms with Crippen molar-refractivity contribution >= 4 is 22.9 Å². The molecule has 0 unspecified atom stereocenters. The van der Waals surface area contributed by atoms with E-state index in [9.17, 15) is 0 Å². The smallest absolute Gasteiger partial charge is 0.0844 e. The van der Waals surface area contributed by atoms with Crippen LogP contribution in [0.15, 0.2) is 12.1 Å². The largest absolute Gasteiger partial charge is 0.312 e. The first kappa shape index (κ1) is 13.6. The van der Waals surface area contributed by atoms with E-state index in [4.69, 9.17) is 11.6 Å². The Bertz CT molecular complexity index is 530. The van der Waals surface area contributed by atoms with E-state index >= 15 is 0 Å². The summed E-state index contributed by atoms with van der Waals surface area (Å²) in [6.07, 6.45) is 0. The van der Waals surface area contributed by atoms with E-state index in [-0.39, 0.29) is 0 Å². The van der Waals surface area contributed by atoms with Gasteiger partial charge in [0.15, 0.2) is 0 Å². The van der Waals surface area contributed by atoms with Gasteiger partial charge in [0.05, 0.1) is 23.0 Å². The van der Waals surface area contributed by atoms with Crippen molar-refractivity contribution in [3.63, 3.8) is 0 Å². The first-order valence-electron chi connectivity index (χ1n) is 6.09. The summed E-state index contributed by atoms with van der Waals surface area (Å²) in [5.41, 5.74) is 1.94. The molecule has 18 heavy (non-hydrogen) atoms. The Labute approximate surface area is 117 Å². The van der Waals surface area contributed by atoms with Crippen molar-refractivity contribution in [2.75, 3.05) is 6.54 Å². The quantitative estimate of drug-likeness (QED) is 0.912. The lowest BCUT2D eigenvalue weighted by atomic mass is 10.4. The Balaban J connectivity index is 2.09. The lowest BCUT2D eigenvalue weighted by Crippen LogP contribution is -2.10. The lowest BCUT2D eigenvalue weighted by molar-refractivity contribution is 0.666. The number of halogens is 1. The summed E-state index contributed by atoms with van der Waals surface area (Å²) in [7, 11) is 0. The normalized spacial score (nSPS) is 11.1. The first-order chi connectivity index (χ1) is 8.61. The molecule has 2 heterocycles. The molecule has 3 nitrogen and oxygen atoms in total. The second-order valence-electron chi connectivity index (χ2n) is 4.29. The highest BCUT2D eigenvalue weighted by molar-refractivity contribution is 7.11. The predicted octanol–water partition coefficient (Wildman–Crippen LogP) is 3.37. The minimum absolute atomic E-state index is 0.777. The molecule has 5 heteroatoms. The molecule has 0 bridgehead atoms. The highest BCUT2D eigenvalue weighted by Gasteiger charge is 2.10. The highest BCUT2D eigenvalue weighted by Crippen LogP contribution is 2.22. The summed E-state index contributed by atoms with van der Waals surface area (Å²) in [5.74, 6) is 0. The number of nitrogens with one attached hydrogen (secondary N) is 1. The van der Waals surface area contributed by atoms with Gasteiger partial charge in [-0.05, 0) is 32.5 Å². The molecule has 0 atom stereocenters. The number of hydrogen-bond donors (Lipinski definition) is 1. The number of thiophene rings is 1. The minimum Gasteiger partial charge on any atom is -0.312 e. The van der Waals surface area contributed by atoms with E-state index in [1.165, 1.54) is 9.75 Å². The molecule has 0 spiro atoms. The third kappa shape index (κ3) is 2.94. The number of aryl methyl sites for hydroxylation is 1. The van der Waals surface area contributed by atoms with Crippen LogP contribution in [-0.4, -0.2) is 16.3 Å². The second kappa shape index (κ2) is 5.87. The van der Waals surface area contributed by atoms with E-state index in [0.717, 1.165) is 36.0 Å². The first-order valence-corrected chi connectivity index (χ1v) is 7.29. The predicted molar refractivity (Wildman–Crippen MR) is 77.5 cm³/mol. The number of hydrogen-bond acceptors (Lipinski definition) is 3. The molecule has 0 saturated carbocycles. The summed E-state index contributed by atoms with van der Waals surface area (Å²) < 4.78 is 1.97. The van der Waals surface area contributed by atoms with Crippen molar-refractivity contribution in [2.45, 2.75) is 33.9 Å². The molecule has 0 amide bonds. The Morgan fingerprint density at radius 2 is 2.06 bits per heavy atom. The molecule has 0 fully saturated rings. The molecular formula is C13H18ClN3S. The fourth-order valence-corrected chi connectivity index (χ4v) is 2.93. The van der Waals surface area contributed by atoms with Crippen LogP contribution in [0.2, 0.25) is 5.02 Å². The van der Waals surface area contributed by atoms with Crippen LogP contribution >= 0.6 is 22.9 Å². The van der Waals surface area contributed by atoms with Gasteiger partial charge in [-0.25, -0.2) is 0 Å². The molecule has 0 aliphatic heterocycles. The molecule has 2 aromatic rings. The monoisotopic (exact) mass is 283 g/mol. The summed E-state index contributed by atoms with van der Waals surface area (Å²) >= 11 is 7.97. The van der Waals surface area contributed by atoms with Gasteiger partial charge in [0.25, 0.3) is 0 Å². The summed E-state index contributed by atoms with van der Waals surface area (Å²) in [4.78, 5) is 2.67. The summed E-state index contributed by atoms with van der Waals surface area (Å²) in [5, 5.41) is 8.56. The van der Waals surface area contributed by atoms with Gasteiger partial charge in [-0.3, -0.25) is 4.68 Å². The Hall–Kier alpha value is -0.840. The molecule has 98 valence electrons. The van der Waals surface area contributed by atoms with Crippen molar-refractivity contribution in [1.82, 2.24) is 15.1 Å². The minimum atomic E-state index is 0.777. The topological polar surface area (TPSA) is 29.9 Å². The maximum absolute atomic E-state index is 6.15. The van der Waals surface area contributed by atoms with Crippen LogP contribution < -0.4 is 5.32 Å². The zero-order valence-corrected chi connectivity index (χ0v) is 12.5. The Morgan fingerprint density at radius 3 is 2.67 bits per heavy atom. The van der Waals surface area contributed by atoms with Gasteiger partial charge in [-0.1, -0.05) is 18.5 Å². The van der Waals surface area contributed by atoms with Crippen LogP contribution in [-0.2, 0) is 13.1 Å². The van der Waals surface area contributed by atoms with Gasteiger partial charge in [0, 0.05) is 16.3 Å². The molecule has 0 radical (unpaired) electrons. The summed E-state index contributed by atoms with van der Waals surface area (Å²) in [6, 6.07) is 4.34. The van der Waals surface area contributed by atoms with E-state index in [1.54, 1.807) is 0 Å². The Morgan fingerprint density at radius 1 is 1.33 bits per heavy atom. The van der Waals surface area contributed by atoms with E-state index in [1.807, 2.05) is 29.9 Å². The van der Waals surface area contributed by atoms with Gasteiger partial charge >= 0.3 is 0 Å². The molecule has 0 aliphatic carbocycles. The molecule has 0 aromatic carbocycles. The third-order valence-corrected chi connectivity index (χ3v) is 4.48. The average Bonchev–Trinajstić information content (AvgIpc) is 2.89. The lowest BCUT2D eigenvalue weighted by Gasteiger charge is -2.02. The van der Waals surface area contributed by atoms with Gasteiger partial charge < -0.3 is 5.32 Å². The zero-order valence-electron chi connectivity index (χ0n) is 11.0. The fraction of sp³-hybridized carbons (Fsp3) is 0.462. The second-order valence-corrected chi connectivity index (χ2v) is 5.92. The van der Waals surface area contributed by atoms with Crippen LogP contribution in [0.1, 0.15) is 28.1 Å². The van der Waals surface area contributed by atoms with Crippen molar-refractivity contribution in [2.24, 2.45) is 0 Å². The SMILES string of the molecule is CCNCc1ccc(Cn2nc(C)c(Cl)c2C)s1. The molecule has 2 rings (SSSR count). The van der Waals surface area contributed by atoms with Crippen molar-refractivity contribution < 1.29 is 0 Å². The van der Waals surface area contributed by atoms with Gasteiger partial charge in [0.1, 0.15) is 0 Å². The molecular weight excluding hydrogens is 266 g/mol. The van der Waals surface area contributed by atoms with E-state index < -0.39 is 0 Å². The maximum atomic E-state index is 6.15. The highest BCUT2D eigenvalue weighted by atomic mass is 35.5. The van der Waals surface area contributed by atoms with Crippen LogP contribution in [0.25, 0.3) is 0 Å². The average molecular weight is 284 g/mol. The van der Waals surface area contributed by atoms with Crippen LogP contribution in [0, 0.1) is 13.8 Å². The van der Waals surface area contributed by atoms with Gasteiger partial charge in [0.2, 0.25) is 0 Å². The maximum Gasteiger partial charge on any atom is 0.0844 e. The van der Waals surface area contributed by atoms with Crippen molar-refractivity contribution in [3.8, 4) is 0 Å². The number of rotatable bonds is 5. The number of nitrogens with zero attached hydrogens (tertiary/aromatic N) is 2. The van der Waals surface area contributed by atoms with Crippen LogP contribution in [0.5, 0.6) is 0 Å². The molecule has 2 aromatic heterocycles.